The molecule has 0 aliphatic carbocycles. The number of ether oxygens (including phenoxy) is 1. The Morgan fingerprint density at radius 3 is 3.00 bits per heavy atom. The van der Waals surface area contributed by atoms with E-state index in [9.17, 15) is 4.79 Å². The van der Waals surface area contributed by atoms with Gasteiger partial charge in [-0.1, -0.05) is 5.16 Å². The van der Waals surface area contributed by atoms with Crippen LogP contribution in [0.3, 0.4) is 0 Å². The van der Waals surface area contributed by atoms with E-state index in [4.69, 9.17) is 15.0 Å². The Balaban J connectivity index is 2.12. The van der Waals surface area contributed by atoms with Gasteiger partial charge in [0.15, 0.2) is 11.4 Å². The molecule has 2 rings (SSSR count). The van der Waals surface area contributed by atoms with Crippen molar-refractivity contribution in [2.24, 2.45) is 5.73 Å². The van der Waals surface area contributed by atoms with Crippen LogP contribution in [0, 0.1) is 6.92 Å². The SMILES string of the molecule is Cc1noc(C2(C)CN(CC(N)=O)CCO2)n1. The molecule has 7 nitrogen and oxygen atoms in total. The molecule has 1 aliphatic rings. The molecule has 1 fully saturated rings. The summed E-state index contributed by atoms with van der Waals surface area (Å²) in [4.78, 5) is 17.0. The average molecular weight is 240 g/mol. The second kappa shape index (κ2) is 4.42. The van der Waals surface area contributed by atoms with Crippen LogP contribution < -0.4 is 5.73 Å². The zero-order valence-corrected chi connectivity index (χ0v) is 9.97. The standard InChI is InChI=1S/C10H16N4O3/c1-7-12-9(17-13-7)10(2)6-14(3-4-16-10)5-8(11)15/h3-6H2,1-2H3,(H2,11,15). The summed E-state index contributed by atoms with van der Waals surface area (Å²) in [5, 5.41) is 3.75. The largest absolute Gasteiger partial charge is 0.369 e. The van der Waals surface area contributed by atoms with Gasteiger partial charge in [-0.05, 0) is 13.8 Å². The van der Waals surface area contributed by atoms with Crippen LogP contribution in [-0.4, -0.2) is 47.2 Å². The van der Waals surface area contributed by atoms with Gasteiger partial charge >= 0.3 is 0 Å². The van der Waals surface area contributed by atoms with Crippen LogP contribution in [0.25, 0.3) is 0 Å². The first-order valence-corrected chi connectivity index (χ1v) is 5.45. The van der Waals surface area contributed by atoms with Crippen LogP contribution in [0.5, 0.6) is 0 Å². The number of aryl methyl sites for hydroxylation is 1. The molecule has 1 atom stereocenters. The van der Waals surface area contributed by atoms with Crippen molar-refractivity contribution in [2.45, 2.75) is 19.4 Å². The van der Waals surface area contributed by atoms with Gasteiger partial charge in [-0.2, -0.15) is 4.98 Å². The summed E-state index contributed by atoms with van der Waals surface area (Å²) >= 11 is 0. The van der Waals surface area contributed by atoms with Gasteiger partial charge in [-0.15, -0.1) is 0 Å². The molecule has 0 spiro atoms. The Labute approximate surface area is 98.9 Å². The van der Waals surface area contributed by atoms with E-state index in [-0.39, 0.29) is 12.5 Å². The van der Waals surface area contributed by atoms with E-state index < -0.39 is 5.60 Å². The van der Waals surface area contributed by atoms with Crippen molar-refractivity contribution in [1.82, 2.24) is 15.0 Å². The lowest BCUT2D eigenvalue weighted by atomic mass is 10.0. The Kier molecular flexibility index (Phi) is 3.12. The van der Waals surface area contributed by atoms with Crippen LogP contribution in [0.1, 0.15) is 18.6 Å². The molecular formula is C10H16N4O3. The Hall–Kier alpha value is -1.47. The van der Waals surface area contributed by atoms with Gasteiger partial charge in [-0.3, -0.25) is 9.69 Å². The normalized spacial score (nSPS) is 26.0. The number of carbonyl (C=O) groups is 1. The Morgan fingerprint density at radius 2 is 2.41 bits per heavy atom. The minimum Gasteiger partial charge on any atom is -0.369 e. The molecule has 0 saturated carbocycles. The molecule has 94 valence electrons. The zero-order valence-electron chi connectivity index (χ0n) is 9.97. The maximum Gasteiger partial charge on any atom is 0.259 e. The average Bonchev–Trinajstić information content (AvgIpc) is 2.64. The molecule has 1 aromatic rings. The smallest absolute Gasteiger partial charge is 0.259 e. The first-order chi connectivity index (χ1) is 7.99. The summed E-state index contributed by atoms with van der Waals surface area (Å²) in [6.07, 6.45) is 0. The van der Waals surface area contributed by atoms with Gasteiger partial charge in [0.05, 0.1) is 13.2 Å². The minimum absolute atomic E-state index is 0.214. The van der Waals surface area contributed by atoms with Gasteiger partial charge in [0.1, 0.15) is 0 Å². The van der Waals surface area contributed by atoms with Gasteiger partial charge in [-0.25, -0.2) is 0 Å². The van der Waals surface area contributed by atoms with Crippen molar-refractivity contribution in [3.8, 4) is 0 Å². The first kappa shape index (κ1) is 12.0. The molecule has 1 saturated heterocycles. The van der Waals surface area contributed by atoms with E-state index in [0.717, 1.165) is 0 Å². The van der Waals surface area contributed by atoms with Crippen molar-refractivity contribution < 1.29 is 14.1 Å². The fourth-order valence-electron chi connectivity index (χ4n) is 1.95. The molecule has 7 heteroatoms. The quantitative estimate of drug-likeness (QED) is 0.759. The molecule has 1 unspecified atom stereocenters. The molecule has 0 radical (unpaired) electrons. The predicted octanol–water partition coefficient (Wildman–Crippen LogP) is -0.589. The van der Waals surface area contributed by atoms with Crippen LogP contribution in [0.2, 0.25) is 0 Å². The van der Waals surface area contributed by atoms with E-state index in [0.29, 0.717) is 31.4 Å². The number of nitrogens with two attached hydrogens (primary N) is 1. The van der Waals surface area contributed by atoms with Gasteiger partial charge in [0.25, 0.3) is 5.89 Å². The summed E-state index contributed by atoms with van der Waals surface area (Å²) in [6.45, 7) is 5.52. The van der Waals surface area contributed by atoms with Crippen LogP contribution in [0.4, 0.5) is 0 Å². The molecule has 0 bridgehead atoms. The number of nitrogens with zero attached hydrogens (tertiary/aromatic N) is 3. The second-order valence-corrected chi connectivity index (χ2v) is 4.40. The minimum atomic E-state index is -0.672. The first-order valence-electron chi connectivity index (χ1n) is 5.45. The number of primary amides is 1. The number of rotatable bonds is 3. The van der Waals surface area contributed by atoms with E-state index in [1.165, 1.54) is 0 Å². The Bertz CT molecular complexity index is 419. The third kappa shape index (κ3) is 2.62. The highest BCUT2D eigenvalue weighted by Crippen LogP contribution is 2.27. The van der Waals surface area contributed by atoms with Crippen molar-refractivity contribution in [1.29, 1.82) is 0 Å². The van der Waals surface area contributed by atoms with E-state index in [2.05, 4.69) is 10.1 Å². The van der Waals surface area contributed by atoms with Crippen LogP contribution >= 0.6 is 0 Å². The van der Waals surface area contributed by atoms with Crippen molar-refractivity contribution in [2.75, 3.05) is 26.2 Å². The van der Waals surface area contributed by atoms with Crippen molar-refractivity contribution in [3.63, 3.8) is 0 Å². The lowest BCUT2D eigenvalue weighted by Gasteiger charge is -2.37. The molecule has 17 heavy (non-hydrogen) atoms. The summed E-state index contributed by atoms with van der Waals surface area (Å²) in [6, 6.07) is 0. The summed E-state index contributed by atoms with van der Waals surface area (Å²) in [7, 11) is 0. The van der Waals surface area contributed by atoms with E-state index >= 15 is 0 Å². The van der Waals surface area contributed by atoms with E-state index in [1.54, 1.807) is 6.92 Å². The maximum absolute atomic E-state index is 10.9. The number of aromatic nitrogens is 2. The van der Waals surface area contributed by atoms with E-state index in [1.807, 2.05) is 11.8 Å². The highest BCUT2D eigenvalue weighted by atomic mass is 16.5. The third-order valence-corrected chi connectivity index (χ3v) is 2.71. The number of hydrogen-bond acceptors (Lipinski definition) is 6. The lowest BCUT2D eigenvalue weighted by molar-refractivity contribution is -0.132. The molecule has 1 aliphatic heterocycles. The van der Waals surface area contributed by atoms with Gasteiger partial charge in [0.2, 0.25) is 5.91 Å². The lowest BCUT2D eigenvalue weighted by Crippen LogP contribution is -2.50. The molecule has 1 amide bonds. The summed E-state index contributed by atoms with van der Waals surface area (Å²) < 4.78 is 10.8. The summed E-state index contributed by atoms with van der Waals surface area (Å²) in [5.74, 6) is 0.650. The Morgan fingerprint density at radius 1 is 1.65 bits per heavy atom. The summed E-state index contributed by atoms with van der Waals surface area (Å²) in [5.41, 5.74) is 4.51. The highest BCUT2D eigenvalue weighted by Gasteiger charge is 2.39. The van der Waals surface area contributed by atoms with Gasteiger partial charge in [0, 0.05) is 13.1 Å². The fourth-order valence-corrected chi connectivity index (χ4v) is 1.95. The highest BCUT2D eigenvalue weighted by molar-refractivity contribution is 5.75. The van der Waals surface area contributed by atoms with Crippen LogP contribution in [-0.2, 0) is 15.1 Å². The number of hydrogen-bond donors (Lipinski definition) is 1. The number of morpholine rings is 1. The zero-order chi connectivity index (χ0) is 12.5. The molecule has 0 aromatic carbocycles. The van der Waals surface area contributed by atoms with Crippen molar-refractivity contribution >= 4 is 5.91 Å². The molecule has 1 aromatic heterocycles. The fraction of sp³-hybridized carbons (Fsp3) is 0.700. The monoisotopic (exact) mass is 240 g/mol. The van der Waals surface area contributed by atoms with Crippen LogP contribution in [0.15, 0.2) is 4.52 Å². The number of carbonyl (C=O) groups excluding carboxylic acids is 1. The maximum atomic E-state index is 10.9. The van der Waals surface area contributed by atoms with Crippen molar-refractivity contribution in [3.05, 3.63) is 11.7 Å². The molecule has 2 N–H and O–H groups in total. The van der Waals surface area contributed by atoms with Gasteiger partial charge < -0.3 is 15.0 Å². The molecular weight excluding hydrogens is 224 g/mol. The molecule has 2 heterocycles. The topological polar surface area (TPSA) is 94.5 Å². The second-order valence-electron chi connectivity index (χ2n) is 4.40. The number of amides is 1. The third-order valence-electron chi connectivity index (χ3n) is 2.71. The predicted molar refractivity (Wildman–Crippen MR) is 58.0 cm³/mol.